The normalized spacial score (nSPS) is 11.9. The summed E-state index contributed by atoms with van der Waals surface area (Å²) in [6, 6.07) is 14.9. The van der Waals surface area contributed by atoms with E-state index < -0.39 is 6.10 Å². The number of hydrogen-bond acceptors (Lipinski definition) is 5. The summed E-state index contributed by atoms with van der Waals surface area (Å²) in [6.45, 7) is 7.10. The molecule has 1 amide bonds. The average Bonchev–Trinajstić information content (AvgIpc) is 2.79. The number of carbonyl (C=O) groups excluding carboxylic acids is 1. The van der Waals surface area contributed by atoms with Crippen molar-refractivity contribution < 1.29 is 19.4 Å². The number of aliphatic hydroxyl groups excluding tert-OH is 1. The summed E-state index contributed by atoms with van der Waals surface area (Å²) < 4.78 is 10.8. The summed E-state index contributed by atoms with van der Waals surface area (Å²) in [5, 5.41) is 19.5. The van der Waals surface area contributed by atoms with E-state index >= 15 is 0 Å². The van der Waals surface area contributed by atoms with Gasteiger partial charge in [-0.25, -0.2) is 4.99 Å². The van der Waals surface area contributed by atoms with Crippen molar-refractivity contribution in [3.8, 4) is 11.5 Å². The molecule has 0 radical (unpaired) electrons. The fourth-order valence-corrected chi connectivity index (χ4v) is 2.87. The number of rotatable bonds is 11. The van der Waals surface area contributed by atoms with Crippen molar-refractivity contribution in [3.05, 3.63) is 59.7 Å². The van der Waals surface area contributed by atoms with E-state index in [2.05, 4.69) is 20.9 Å². The second-order valence-electron chi connectivity index (χ2n) is 7.46. The van der Waals surface area contributed by atoms with Crippen LogP contribution in [0.2, 0.25) is 0 Å². The van der Waals surface area contributed by atoms with E-state index in [0.717, 1.165) is 16.9 Å². The van der Waals surface area contributed by atoms with E-state index in [1.54, 1.807) is 7.11 Å². The molecular weight excluding hydrogens is 535 g/mol. The third kappa shape index (κ3) is 10.8. The predicted molar refractivity (Wildman–Crippen MR) is 141 cm³/mol. The fourth-order valence-electron chi connectivity index (χ4n) is 2.87. The van der Waals surface area contributed by atoms with E-state index in [1.165, 1.54) is 0 Å². The monoisotopic (exact) mass is 570 g/mol. The van der Waals surface area contributed by atoms with Crippen molar-refractivity contribution >= 4 is 35.8 Å². The number of hydrogen-bond donors (Lipinski definition) is 4. The number of ether oxygens (including phenoxy) is 2. The number of benzene rings is 2. The van der Waals surface area contributed by atoms with Crippen LogP contribution >= 0.6 is 24.0 Å². The standard InChI is InChI=1S/C24H34N4O4.HI/c1-5-25-24(27-15-22(29)19-7-6-8-21(13-19)32-17(2)3)28-16-23(30)26-14-18-9-11-20(31-4)12-10-18;/h6-13,17,22,29H,5,14-16H2,1-4H3,(H,26,30)(H2,25,27,28);1H. The number of halogens is 1. The zero-order chi connectivity index (χ0) is 23.3. The summed E-state index contributed by atoms with van der Waals surface area (Å²) in [4.78, 5) is 16.5. The van der Waals surface area contributed by atoms with E-state index in [1.807, 2.05) is 69.3 Å². The zero-order valence-electron chi connectivity index (χ0n) is 19.6. The highest BCUT2D eigenvalue weighted by molar-refractivity contribution is 14.0. The van der Waals surface area contributed by atoms with Crippen LogP contribution in [0.5, 0.6) is 11.5 Å². The quantitative estimate of drug-likeness (QED) is 0.188. The Balaban J connectivity index is 0.00000544. The third-order valence-corrected chi connectivity index (χ3v) is 4.45. The molecule has 0 aliphatic heterocycles. The molecule has 0 heterocycles. The molecule has 4 N–H and O–H groups in total. The molecule has 2 aromatic rings. The third-order valence-electron chi connectivity index (χ3n) is 4.45. The molecule has 0 saturated carbocycles. The summed E-state index contributed by atoms with van der Waals surface area (Å²) in [5.41, 5.74) is 1.71. The zero-order valence-corrected chi connectivity index (χ0v) is 22.0. The van der Waals surface area contributed by atoms with Crippen LogP contribution in [0.25, 0.3) is 0 Å². The number of aliphatic hydroxyl groups is 1. The molecule has 0 saturated heterocycles. The number of aliphatic imine (C=N–C) groups is 1. The first-order valence-electron chi connectivity index (χ1n) is 10.8. The van der Waals surface area contributed by atoms with Gasteiger partial charge in [-0.15, -0.1) is 24.0 Å². The van der Waals surface area contributed by atoms with Crippen LogP contribution in [0.15, 0.2) is 53.5 Å². The number of amides is 1. The van der Waals surface area contributed by atoms with E-state index in [-0.39, 0.29) is 49.1 Å². The number of methoxy groups -OCH3 is 1. The van der Waals surface area contributed by atoms with Gasteiger partial charge in [0.25, 0.3) is 0 Å². The topological polar surface area (TPSA) is 104 Å². The molecule has 182 valence electrons. The molecule has 0 aliphatic carbocycles. The van der Waals surface area contributed by atoms with Crippen LogP contribution in [0.4, 0.5) is 0 Å². The Labute approximate surface area is 213 Å². The first-order chi connectivity index (χ1) is 15.4. The molecule has 0 fully saturated rings. The molecule has 1 atom stereocenters. The van der Waals surface area contributed by atoms with Gasteiger partial charge >= 0.3 is 0 Å². The Bertz CT molecular complexity index is 875. The fraction of sp³-hybridized carbons (Fsp3) is 0.417. The molecule has 8 nitrogen and oxygen atoms in total. The lowest BCUT2D eigenvalue weighted by Gasteiger charge is -2.17. The maximum Gasteiger partial charge on any atom is 0.242 e. The Morgan fingerprint density at radius 3 is 2.42 bits per heavy atom. The summed E-state index contributed by atoms with van der Waals surface area (Å²) in [5.74, 6) is 1.75. The molecule has 2 aromatic carbocycles. The minimum Gasteiger partial charge on any atom is -0.497 e. The van der Waals surface area contributed by atoms with Gasteiger partial charge in [-0.2, -0.15) is 0 Å². The Morgan fingerprint density at radius 1 is 1.06 bits per heavy atom. The van der Waals surface area contributed by atoms with Gasteiger partial charge in [-0.3, -0.25) is 4.79 Å². The van der Waals surface area contributed by atoms with E-state index in [9.17, 15) is 9.90 Å². The van der Waals surface area contributed by atoms with Crippen molar-refractivity contribution in [3.63, 3.8) is 0 Å². The van der Waals surface area contributed by atoms with Crippen LogP contribution in [-0.2, 0) is 11.3 Å². The van der Waals surface area contributed by atoms with Gasteiger partial charge in [0.05, 0.1) is 19.3 Å². The van der Waals surface area contributed by atoms with Gasteiger partial charge < -0.3 is 30.5 Å². The highest BCUT2D eigenvalue weighted by Crippen LogP contribution is 2.20. The van der Waals surface area contributed by atoms with E-state index in [0.29, 0.717) is 24.8 Å². The van der Waals surface area contributed by atoms with Crippen molar-refractivity contribution in [2.45, 2.75) is 39.5 Å². The molecule has 1 unspecified atom stereocenters. The van der Waals surface area contributed by atoms with Crippen LogP contribution in [-0.4, -0.2) is 49.8 Å². The number of nitrogens with zero attached hydrogens (tertiary/aromatic N) is 1. The summed E-state index contributed by atoms with van der Waals surface area (Å²) in [6.07, 6.45) is -0.692. The largest absolute Gasteiger partial charge is 0.497 e. The second-order valence-corrected chi connectivity index (χ2v) is 7.46. The van der Waals surface area contributed by atoms with Crippen LogP contribution in [0.1, 0.15) is 38.0 Å². The molecule has 9 heteroatoms. The van der Waals surface area contributed by atoms with Crippen LogP contribution in [0.3, 0.4) is 0 Å². The number of carbonyl (C=O) groups is 1. The first-order valence-corrected chi connectivity index (χ1v) is 10.8. The van der Waals surface area contributed by atoms with Gasteiger partial charge in [0.1, 0.15) is 18.0 Å². The molecule has 0 aromatic heterocycles. The maximum atomic E-state index is 12.2. The molecule has 0 bridgehead atoms. The van der Waals surface area contributed by atoms with Crippen molar-refractivity contribution in [1.82, 2.24) is 16.0 Å². The highest BCUT2D eigenvalue weighted by atomic mass is 127. The Kier molecular flexibility index (Phi) is 13.2. The molecule has 0 aliphatic rings. The molecule has 0 spiro atoms. The number of nitrogens with one attached hydrogen (secondary N) is 3. The Hall–Kier alpha value is -2.53. The van der Waals surface area contributed by atoms with Crippen LogP contribution < -0.4 is 25.4 Å². The lowest BCUT2D eigenvalue weighted by Crippen LogP contribution is -2.40. The number of guanidine groups is 1. The summed E-state index contributed by atoms with van der Waals surface area (Å²) >= 11 is 0. The van der Waals surface area contributed by atoms with Gasteiger partial charge in [-0.05, 0) is 56.2 Å². The minimum absolute atomic E-state index is 0. The van der Waals surface area contributed by atoms with Gasteiger partial charge in [-0.1, -0.05) is 24.3 Å². The van der Waals surface area contributed by atoms with Crippen molar-refractivity contribution in [2.24, 2.45) is 4.99 Å². The lowest BCUT2D eigenvalue weighted by molar-refractivity contribution is -0.119. The first kappa shape index (κ1) is 28.5. The maximum absolute atomic E-state index is 12.2. The van der Waals surface area contributed by atoms with Crippen LogP contribution in [0, 0.1) is 0 Å². The Morgan fingerprint density at radius 2 is 1.79 bits per heavy atom. The average molecular weight is 570 g/mol. The molecule has 33 heavy (non-hydrogen) atoms. The molecule has 2 rings (SSSR count). The lowest BCUT2D eigenvalue weighted by atomic mass is 10.1. The van der Waals surface area contributed by atoms with E-state index in [4.69, 9.17) is 9.47 Å². The van der Waals surface area contributed by atoms with Gasteiger partial charge in [0.15, 0.2) is 5.96 Å². The minimum atomic E-state index is -0.751. The second kappa shape index (κ2) is 15.3. The van der Waals surface area contributed by atoms with Crippen molar-refractivity contribution in [1.29, 1.82) is 0 Å². The predicted octanol–water partition coefficient (Wildman–Crippen LogP) is 3.01. The smallest absolute Gasteiger partial charge is 0.242 e. The highest BCUT2D eigenvalue weighted by Gasteiger charge is 2.11. The molecular formula is C24H35IN4O4. The van der Waals surface area contributed by atoms with Gasteiger partial charge in [0, 0.05) is 19.6 Å². The van der Waals surface area contributed by atoms with Crippen molar-refractivity contribution in [2.75, 3.05) is 26.7 Å². The summed E-state index contributed by atoms with van der Waals surface area (Å²) in [7, 11) is 1.61. The SMILES string of the molecule is CCNC(=NCC(=O)NCc1ccc(OC)cc1)NCC(O)c1cccc(OC(C)C)c1.I. The van der Waals surface area contributed by atoms with Gasteiger partial charge in [0.2, 0.25) is 5.91 Å².